The summed E-state index contributed by atoms with van der Waals surface area (Å²) in [5.74, 6) is -0.854. The van der Waals surface area contributed by atoms with Crippen molar-refractivity contribution in [3.8, 4) is 0 Å². The Morgan fingerprint density at radius 2 is 2.00 bits per heavy atom. The minimum atomic E-state index is -3.38. The summed E-state index contributed by atoms with van der Waals surface area (Å²) in [5, 5.41) is 8.55. The first-order valence-corrected chi connectivity index (χ1v) is 8.37. The molecule has 3 N–H and O–H groups in total. The van der Waals surface area contributed by atoms with Crippen LogP contribution in [0.2, 0.25) is 0 Å². The number of sulfonamides is 1. The fourth-order valence-electron chi connectivity index (χ4n) is 2.70. The number of hydrogen-bond donors (Lipinski definition) is 2. The first-order valence-electron chi connectivity index (χ1n) is 6.76. The highest BCUT2D eigenvalue weighted by molar-refractivity contribution is 7.89. The van der Waals surface area contributed by atoms with Crippen LogP contribution in [0.3, 0.4) is 0 Å². The normalized spacial score (nSPS) is 24.6. The summed E-state index contributed by atoms with van der Waals surface area (Å²) < 4.78 is 25.8. The highest BCUT2D eigenvalue weighted by Crippen LogP contribution is 2.28. The lowest BCUT2D eigenvalue weighted by molar-refractivity contribution is -0.137. The summed E-state index contributed by atoms with van der Waals surface area (Å²) >= 11 is 0. The number of carbonyl (C=O) groups is 1. The van der Waals surface area contributed by atoms with Gasteiger partial charge in [0.2, 0.25) is 10.0 Å². The second kappa shape index (κ2) is 7.21. The summed E-state index contributed by atoms with van der Waals surface area (Å²) in [4.78, 5) is 10.4. The molecule has 1 fully saturated rings. The van der Waals surface area contributed by atoms with Crippen molar-refractivity contribution in [1.82, 2.24) is 4.31 Å². The molecule has 19 heavy (non-hydrogen) atoms. The Labute approximate surface area is 115 Å². The van der Waals surface area contributed by atoms with E-state index in [1.54, 1.807) is 7.05 Å². The van der Waals surface area contributed by atoms with Gasteiger partial charge in [0, 0.05) is 19.5 Å². The van der Waals surface area contributed by atoms with Crippen LogP contribution >= 0.6 is 0 Å². The Morgan fingerprint density at radius 1 is 1.37 bits per heavy atom. The number of nitrogens with two attached hydrogens (primary N) is 1. The number of carboxylic acid groups (broad SMARTS) is 1. The predicted octanol–water partition coefficient (Wildman–Crippen LogP) is 0.630. The maximum absolute atomic E-state index is 12.2. The van der Waals surface area contributed by atoms with Gasteiger partial charge in [-0.25, -0.2) is 12.7 Å². The Bertz CT molecular complexity index is 397. The molecule has 0 amide bonds. The van der Waals surface area contributed by atoms with Crippen molar-refractivity contribution in [2.24, 2.45) is 11.7 Å². The maximum atomic E-state index is 12.2. The Hall–Kier alpha value is -0.660. The maximum Gasteiger partial charge on any atom is 0.303 e. The Morgan fingerprint density at radius 3 is 2.58 bits per heavy atom. The van der Waals surface area contributed by atoms with Gasteiger partial charge in [-0.3, -0.25) is 4.79 Å². The van der Waals surface area contributed by atoms with Gasteiger partial charge in [-0.2, -0.15) is 0 Å². The molecular formula is C12H24N2O4S. The van der Waals surface area contributed by atoms with Crippen molar-refractivity contribution in [3.63, 3.8) is 0 Å². The number of rotatable bonds is 7. The molecule has 2 atom stereocenters. The van der Waals surface area contributed by atoms with Crippen LogP contribution in [0.5, 0.6) is 0 Å². The molecule has 0 aromatic heterocycles. The molecule has 0 aromatic rings. The zero-order valence-electron chi connectivity index (χ0n) is 11.4. The molecule has 1 saturated carbocycles. The highest BCUT2D eigenvalue weighted by atomic mass is 32.2. The SMILES string of the molecule is CN(C1CCCCC1CN)S(=O)(=O)CCCC(=O)O. The second-order valence-electron chi connectivity index (χ2n) is 5.18. The van der Waals surface area contributed by atoms with Crippen molar-refractivity contribution >= 4 is 16.0 Å². The number of carboxylic acids is 1. The zero-order chi connectivity index (χ0) is 14.5. The number of aliphatic carboxylic acids is 1. The molecule has 0 heterocycles. The average molecular weight is 292 g/mol. The molecule has 1 rings (SSSR count). The van der Waals surface area contributed by atoms with Crippen LogP contribution in [-0.2, 0) is 14.8 Å². The van der Waals surface area contributed by atoms with E-state index in [4.69, 9.17) is 10.8 Å². The third-order valence-corrected chi connectivity index (χ3v) is 5.82. The van der Waals surface area contributed by atoms with E-state index < -0.39 is 16.0 Å². The van der Waals surface area contributed by atoms with Crippen LogP contribution in [0.4, 0.5) is 0 Å². The van der Waals surface area contributed by atoms with Crippen LogP contribution in [0.1, 0.15) is 38.5 Å². The largest absolute Gasteiger partial charge is 0.481 e. The third-order valence-electron chi connectivity index (χ3n) is 3.87. The van der Waals surface area contributed by atoms with Gasteiger partial charge in [-0.05, 0) is 31.7 Å². The van der Waals surface area contributed by atoms with Crippen molar-refractivity contribution in [2.45, 2.75) is 44.6 Å². The molecule has 6 nitrogen and oxygen atoms in total. The van der Waals surface area contributed by atoms with E-state index in [1.807, 2.05) is 0 Å². The molecule has 0 saturated heterocycles. The summed E-state index contributed by atoms with van der Waals surface area (Å²) in [5.41, 5.74) is 5.72. The first-order chi connectivity index (χ1) is 8.88. The quantitative estimate of drug-likeness (QED) is 0.717. The number of hydrogen-bond acceptors (Lipinski definition) is 4. The molecule has 0 aliphatic heterocycles. The lowest BCUT2D eigenvalue weighted by Gasteiger charge is -2.36. The van der Waals surface area contributed by atoms with E-state index in [0.717, 1.165) is 25.7 Å². The fraction of sp³-hybridized carbons (Fsp3) is 0.917. The molecule has 1 aliphatic carbocycles. The van der Waals surface area contributed by atoms with E-state index in [-0.39, 0.29) is 30.6 Å². The summed E-state index contributed by atoms with van der Waals surface area (Å²) in [6.07, 6.45) is 3.98. The highest BCUT2D eigenvalue weighted by Gasteiger charge is 2.33. The predicted molar refractivity (Wildman–Crippen MR) is 73.2 cm³/mol. The molecule has 112 valence electrons. The summed E-state index contributed by atoms with van der Waals surface area (Å²) in [7, 11) is -1.79. The minimum absolute atomic E-state index is 0.0337. The van der Waals surface area contributed by atoms with Gasteiger partial charge in [-0.1, -0.05) is 12.8 Å². The van der Waals surface area contributed by atoms with Gasteiger partial charge >= 0.3 is 5.97 Å². The molecular weight excluding hydrogens is 268 g/mol. The number of nitrogens with zero attached hydrogens (tertiary/aromatic N) is 1. The van der Waals surface area contributed by atoms with E-state index in [2.05, 4.69) is 0 Å². The fourth-order valence-corrected chi connectivity index (χ4v) is 4.19. The molecule has 7 heteroatoms. The van der Waals surface area contributed by atoms with Crippen molar-refractivity contribution < 1.29 is 18.3 Å². The van der Waals surface area contributed by atoms with Crippen LogP contribution in [0.25, 0.3) is 0 Å². The van der Waals surface area contributed by atoms with Crippen LogP contribution in [-0.4, -0.2) is 49.2 Å². The zero-order valence-corrected chi connectivity index (χ0v) is 12.2. The molecule has 0 aromatic carbocycles. The van der Waals surface area contributed by atoms with Crippen molar-refractivity contribution in [3.05, 3.63) is 0 Å². The molecule has 2 unspecified atom stereocenters. The van der Waals surface area contributed by atoms with Gasteiger partial charge in [-0.15, -0.1) is 0 Å². The van der Waals surface area contributed by atoms with E-state index in [0.29, 0.717) is 6.54 Å². The van der Waals surface area contributed by atoms with Gasteiger partial charge in [0.25, 0.3) is 0 Å². The van der Waals surface area contributed by atoms with Crippen molar-refractivity contribution in [2.75, 3.05) is 19.3 Å². The van der Waals surface area contributed by atoms with Crippen molar-refractivity contribution in [1.29, 1.82) is 0 Å². The van der Waals surface area contributed by atoms with E-state index in [9.17, 15) is 13.2 Å². The van der Waals surface area contributed by atoms with Gasteiger partial charge in [0.05, 0.1) is 5.75 Å². The van der Waals surface area contributed by atoms with Crippen LogP contribution in [0.15, 0.2) is 0 Å². The topological polar surface area (TPSA) is 101 Å². The summed E-state index contributed by atoms with van der Waals surface area (Å²) in [6.45, 7) is 0.500. The lowest BCUT2D eigenvalue weighted by Crippen LogP contribution is -2.46. The minimum Gasteiger partial charge on any atom is -0.481 e. The third kappa shape index (κ3) is 4.74. The molecule has 0 bridgehead atoms. The Kier molecular flexibility index (Phi) is 6.22. The summed E-state index contributed by atoms with van der Waals surface area (Å²) in [6, 6.07) is -0.0337. The Balaban J connectivity index is 2.62. The molecule has 1 aliphatic rings. The van der Waals surface area contributed by atoms with Gasteiger partial charge in [0.15, 0.2) is 0 Å². The smallest absolute Gasteiger partial charge is 0.303 e. The molecule has 0 spiro atoms. The van der Waals surface area contributed by atoms with Crippen LogP contribution < -0.4 is 5.73 Å². The lowest BCUT2D eigenvalue weighted by atomic mass is 9.85. The first kappa shape index (κ1) is 16.4. The van der Waals surface area contributed by atoms with E-state index >= 15 is 0 Å². The van der Waals surface area contributed by atoms with Crippen LogP contribution in [0, 0.1) is 5.92 Å². The molecule has 0 radical (unpaired) electrons. The average Bonchev–Trinajstić information content (AvgIpc) is 2.37. The van der Waals surface area contributed by atoms with Gasteiger partial charge in [0.1, 0.15) is 0 Å². The standard InChI is InChI=1S/C12H24N2O4S/c1-14(11-6-3-2-5-10(11)9-13)19(17,18)8-4-7-12(15)16/h10-11H,2-9,13H2,1H3,(H,15,16). The van der Waals surface area contributed by atoms with Gasteiger partial charge < -0.3 is 10.8 Å². The monoisotopic (exact) mass is 292 g/mol. The second-order valence-corrected chi connectivity index (χ2v) is 7.33. The van der Waals surface area contributed by atoms with E-state index in [1.165, 1.54) is 4.31 Å².